The number of fused-ring (bicyclic) bond motifs is 1. The summed E-state index contributed by atoms with van der Waals surface area (Å²) in [6.45, 7) is 0. The fourth-order valence-electron chi connectivity index (χ4n) is 4.18. The number of amides is 4. The summed E-state index contributed by atoms with van der Waals surface area (Å²) >= 11 is 0. The number of imide groups is 2. The van der Waals surface area contributed by atoms with E-state index in [1.165, 1.54) is 6.07 Å². The summed E-state index contributed by atoms with van der Waals surface area (Å²) in [7, 11) is 0. The zero-order chi connectivity index (χ0) is 20.0. The number of nitrogens with one attached hydrogen (secondary N) is 2. The number of hydrogen-bond donors (Lipinski definition) is 3. The molecule has 148 valence electrons. The lowest BCUT2D eigenvalue weighted by atomic mass is 9.91. The predicted molar refractivity (Wildman–Crippen MR) is 96.9 cm³/mol. The van der Waals surface area contributed by atoms with Crippen LogP contribution in [0.4, 0.5) is 10.1 Å². The third-order valence-electron chi connectivity index (χ3n) is 5.60. The second kappa shape index (κ2) is 6.97. The third kappa shape index (κ3) is 3.15. The number of piperidine rings is 1. The molecule has 1 saturated carbocycles. The van der Waals surface area contributed by atoms with E-state index in [2.05, 4.69) is 10.6 Å². The molecule has 28 heavy (non-hydrogen) atoms. The monoisotopic (exact) mass is 388 g/mol. The van der Waals surface area contributed by atoms with Crippen molar-refractivity contribution in [3.8, 4) is 0 Å². The Balaban J connectivity index is 1.60. The molecule has 9 heteroatoms. The van der Waals surface area contributed by atoms with Gasteiger partial charge in [0.1, 0.15) is 11.9 Å². The summed E-state index contributed by atoms with van der Waals surface area (Å²) in [5.41, 5.74) is 6.10. The zero-order valence-electron chi connectivity index (χ0n) is 15.2. The fourth-order valence-corrected chi connectivity index (χ4v) is 4.18. The Morgan fingerprint density at radius 3 is 2.46 bits per heavy atom. The quantitative estimate of drug-likeness (QED) is 0.662. The molecule has 2 heterocycles. The maximum atomic E-state index is 14.6. The van der Waals surface area contributed by atoms with Crippen LogP contribution in [0.2, 0.25) is 0 Å². The highest BCUT2D eigenvalue weighted by atomic mass is 19.1. The van der Waals surface area contributed by atoms with Gasteiger partial charge in [-0.15, -0.1) is 0 Å². The van der Waals surface area contributed by atoms with Crippen LogP contribution in [0.25, 0.3) is 0 Å². The third-order valence-corrected chi connectivity index (χ3v) is 5.60. The average Bonchev–Trinajstić information content (AvgIpc) is 2.86. The van der Waals surface area contributed by atoms with Crippen LogP contribution >= 0.6 is 0 Å². The van der Waals surface area contributed by atoms with Crippen molar-refractivity contribution in [2.45, 2.75) is 56.7 Å². The van der Waals surface area contributed by atoms with Crippen LogP contribution in [0.1, 0.15) is 59.2 Å². The molecule has 0 spiro atoms. The molecule has 4 rings (SSSR count). The van der Waals surface area contributed by atoms with E-state index in [1.54, 1.807) is 0 Å². The maximum absolute atomic E-state index is 14.6. The highest BCUT2D eigenvalue weighted by molar-refractivity contribution is 6.23. The lowest BCUT2D eigenvalue weighted by Gasteiger charge is -2.28. The van der Waals surface area contributed by atoms with Crippen LogP contribution in [0.15, 0.2) is 12.1 Å². The molecule has 2 fully saturated rings. The number of rotatable bonds is 3. The van der Waals surface area contributed by atoms with Crippen molar-refractivity contribution < 1.29 is 23.6 Å². The molecule has 0 aromatic heterocycles. The van der Waals surface area contributed by atoms with Gasteiger partial charge in [-0.2, -0.15) is 0 Å². The van der Waals surface area contributed by atoms with Crippen molar-refractivity contribution in [3.63, 3.8) is 0 Å². The minimum Gasteiger partial charge on any atom is -0.380 e. The molecule has 1 aromatic carbocycles. The van der Waals surface area contributed by atoms with E-state index >= 15 is 0 Å². The Hall–Kier alpha value is -2.81. The number of anilines is 1. The molecular formula is C19H21FN4O4. The smallest absolute Gasteiger partial charge is 0.262 e. The number of carbonyl (C=O) groups excluding carboxylic acids is 4. The summed E-state index contributed by atoms with van der Waals surface area (Å²) < 4.78 is 14.6. The number of halogens is 1. The van der Waals surface area contributed by atoms with Crippen LogP contribution < -0.4 is 16.4 Å². The summed E-state index contributed by atoms with van der Waals surface area (Å²) in [6, 6.07) is 1.34. The first-order valence-electron chi connectivity index (χ1n) is 9.42. The molecule has 1 aliphatic carbocycles. The van der Waals surface area contributed by atoms with Crippen LogP contribution in [0.3, 0.4) is 0 Å². The van der Waals surface area contributed by atoms with Gasteiger partial charge in [0, 0.05) is 18.5 Å². The molecule has 4 amide bonds. The van der Waals surface area contributed by atoms with Crippen LogP contribution in [-0.2, 0) is 9.59 Å². The SMILES string of the molecule is NC1CCCC(Nc2cc3c(cc2F)C(=O)N(C2CCC(=O)NC2=O)C3=O)C1. The van der Waals surface area contributed by atoms with Gasteiger partial charge in [-0.1, -0.05) is 0 Å². The molecule has 3 unspecified atom stereocenters. The van der Waals surface area contributed by atoms with Crippen molar-refractivity contribution in [2.24, 2.45) is 5.73 Å². The van der Waals surface area contributed by atoms with Gasteiger partial charge in [-0.25, -0.2) is 4.39 Å². The molecular weight excluding hydrogens is 367 g/mol. The number of hydrogen-bond acceptors (Lipinski definition) is 6. The summed E-state index contributed by atoms with van der Waals surface area (Å²) in [5, 5.41) is 5.23. The minimum absolute atomic E-state index is 0.00487. The second-order valence-corrected chi connectivity index (χ2v) is 7.59. The zero-order valence-corrected chi connectivity index (χ0v) is 15.2. The molecule has 8 nitrogen and oxygen atoms in total. The van der Waals surface area contributed by atoms with Crippen molar-refractivity contribution in [2.75, 3.05) is 5.32 Å². The molecule has 2 aliphatic heterocycles. The largest absolute Gasteiger partial charge is 0.380 e. The average molecular weight is 388 g/mol. The van der Waals surface area contributed by atoms with Crippen LogP contribution in [-0.4, -0.2) is 46.7 Å². The van der Waals surface area contributed by atoms with E-state index in [9.17, 15) is 23.6 Å². The van der Waals surface area contributed by atoms with Crippen molar-refractivity contribution >= 4 is 29.3 Å². The lowest BCUT2D eigenvalue weighted by molar-refractivity contribution is -0.136. The summed E-state index contributed by atoms with van der Waals surface area (Å²) in [4.78, 5) is 49.7. The highest BCUT2D eigenvalue weighted by Gasteiger charge is 2.45. The van der Waals surface area contributed by atoms with Crippen LogP contribution in [0, 0.1) is 5.82 Å². The van der Waals surface area contributed by atoms with E-state index in [4.69, 9.17) is 5.73 Å². The molecule has 3 aliphatic rings. The van der Waals surface area contributed by atoms with Gasteiger partial charge in [-0.05, 0) is 44.2 Å². The molecule has 0 bridgehead atoms. The normalized spacial score (nSPS) is 27.6. The minimum atomic E-state index is -1.07. The van der Waals surface area contributed by atoms with Crippen molar-refractivity contribution in [1.82, 2.24) is 10.2 Å². The second-order valence-electron chi connectivity index (χ2n) is 7.59. The summed E-state index contributed by atoms with van der Waals surface area (Å²) in [5.74, 6) is -3.15. The Kier molecular flexibility index (Phi) is 4.62. The number of nitrogens with two attached hydrogens (primary N) is 1. The molecule has 1 saturated heterocycles. The van der Waals surface area contributed by atoms with Gasteiger partial charge in [-0.3, -0.25) is 29.4 Å². The van der Waals surface area contributed by atoms with E-state index in [1.807, 2.05) is 0 Å². The number of benzene rings is 1. The Morgan fingerprint density at radius 2 is 1.79 bits per heavy atom. The van der Waals surface area contributed by atoms with Gasteiger partial charge in [0.05, 0.1) is 16.8 Å². The molecule has 3 atom stereocenters. The Morgan fingerprint density at radius 1 is 1.07 bits per heavy atom. The van der Waals surface area contributed by atoms with Crippen molar-refractivity contribution in [3.05, 3.63) is 29.1 Å². The Labute approximate surface area is 160 Å². The van der Waals surface area contributed by atoms with Crippen molar-refractivity contribution in [1.29, 1.82) is 0 Å². The van der Waals surface area contributed by atoms with Gasteiger partial charge < -0.3 is 11.1 Å². The Bertz CT molecular complexity index is 887. The lowest BCUT2D eigenvalue weighted by Crippen LogP contribution is -2.54. The fraction of sp³-hybridized carbons (Fsp3) is 0.474. The van der Waals surface area contributed by atoms with E-state index in [0.717, 1.165) is 30.2 Å². The first-order chi connectivity index (χ1) is 13.3. The van der Waals surface area contributed by atoms with Gasteiger partial charge in [0.2, 0.25) is 11.8 Å². The molecule has 0 radical (unpaired) electrons. The highest BCUT2D eigenvalue weighted by Crippen LogP contribution is 2.32. The maximum Gasteiger partial charge on any atom is 0.262 e. The van der Waals surface area contributed by atoms with E-state index in [-0.39, 0.29) is 41.7 Å². The molecule has 4 N–H and O–H groups in total. The van der Waals surface area contributed by atoms with Crippen LogP contribution in [0.5, 0.6) is 0 Å². The van der Waals surface area contributed by atoms with E-state index < -0.39 is 35.5 Å². The van der Waals surface area contributed by atoms with Gasteiger partial charge in [0.25, 0.3) is 11.8 Å². The van der Waals surface area contributed by atoms with E-state index in [0.29, 0.717) is 6.42 Å². The molecule has 1 aromatic rings. The first-order valence-corrected chi connectivity index (χ1v) is 9.42. The predicted octanol–water partition coefficient (Wildman–Crippen LogP) is 0.909. The van der Waals surface area contributed by atoms with Gasteiger partial charge in [0.15, 0.2) is 0 Å². The topological polar surface area (TPSA) is 122 Å². The standard InChI is InChI=1S/C19H21FN4O4/c20-13-7-11-12(8-14(13)22-10-3-1-2-9(21)6-10)19(28)24(18(11)27)15-4-5-16(25)23-17(15)26/h7-10,15,22H,1-6,21H2,(H,23,25,26). The summed E-state index contributed by atoms with van der Waals surface area (Å²) in [6.07, 6.45) is 3.51. The number of nitrogens with zero attached hydrogens (tertiary/aromatic N) is 1. The first kappa shape index (κ1) is 18.5. The number of carbonyl (C=O) groups is 4. The van der Waals surface area contributed by atoms with Gasteiger partial charge >= 0.3 is 0 Å².